The molecule has 0 unspecified atom stereocenters. The first-order chi connectivity index (χ1) is 9.74. The molecule has 1 aliphatic rings. The molecule has 20 heavy (non-hydrogen) atoms. The summed E-state index contributed by atoms with van der Waals surface area (Å²) in [7, 11) is 0. The van der Waals surface area contributed by atoms with Gasteiger partial charge in [0.15, 0.2) is 5.11 Å². The van der Waals surface area contributed by atoms with E-state index in [0.717, 1.165) is 37.5 Å². The molecule has 2 N–H and O–H groups in total. The zero-order valence-corrected chi connectivity index (χ0v) is 12.9. The normalized spacial score (nSPS) is 19.6. The Hall–Kier alpha value is -1.13. The summed E-state index contributed by atoms with van der Waals surface area (Å²) in [5.74, 6) is 0. The molecule has 0 aliphatic carbocycles. The monoisotopic (exact) mass is 292 g/mol. The third-order valence-corrected chi connectivity index (χ3v) is 3.86. The van der Waals surface area contributed by atoms with Crippen LogP contribution in [0.4, 0.5) is 0 Å². The Bertz CT molecular complexity index is 404. The Balaban J connectivity index is 1.60. The molecule has 4 heteroatoms. The lowest BCUT2D eigenvalue weighted by atomic mass is 10.1. The second-order valence-electron chi connectivity index (χ2n) is 5.41. The van der Waals surface area contributed by atoms with Crippen LogP contribution in [-0.2, 0) is 11.2 Å². The van der Waals surface area contributed by atoms with Crippen molar-refractivity contribution in [3.8, 4) is 0 Å². The lowest BCUT2D eigenvalue weighted by Crippen LogP contribution is -2.43. The highest BCUT2D eigenvalue weighted by Crippen LogP contribution is 2.10. The number of hydrogen-bond donors (Lipinski definition) is 2. The fraction of sp³-hybridized carbons (Fsp3) is 0.562. The Morgan fingerprint density at radius 3 is 2.90 bits per heavy atom. The molecule has 1 aromatic carbocycles. The SMILES string of the molecule is C[C@H](CCc1ccccc1)NC(=S)NC[C@@H]1CCCO1. The number of ether oxygens (including phenoxy) is 1. The van der Waals surface area contributed by atoms with Crippen molar-refractivity contribution in [1.82, 2.24) is 10.6 Å². The lowest BCUT2D eigenvalue weighted by Gasteiger charge is -2.18. The maximum absolute atomic E-state index is 5.56. The van der Waals surface area contributed by atoms with E-state index in [9.17, 15) is 0 Å². The fourth-order valence-electron chi connectivity index (χ4n) is 2.39. The first-order valence-corrected chi connectivity index (χ1v) is 7.85. The van der Waals surface area contributed by atoms with Gasteiger partial charge in [-0.25, -0.2) is 0 Å². The molecule has 0 spiro atoms. The number of hydrogen-bond acceptors (Lipinski definition) is 2. The molecular formula is C16H24N2OS. The van der Waals surface area contributed by atoms with Gasteiger partial charge in [0.05, 0.1) is 6.10 Å². The topological polar surface area (TPSA) is 33.3 Å². The summed E-state index contributed by atoms with van der Waals surface area (Å²) < 4.78 is 5.56. The quantitative estimate of drug-likeness (QED) is 0.790. The molecule has 0 bridgehead atoms. The van der Waals surface area contributed by atoms with Crippen LogP contribution in [0.15, 0.2) is 30.3 Å². The Morgan fingerprint density at radius 2 is 2.20 bits per heavy atom. The highest BCUT2D eigenvalue weighted by Gasteiger charge is 2.15. The zero-order chi connectivity index (χ0) is 14.2. The van der Waals surface area contributed by atoms with Crippen molar-refractivity contribution in [3.63, 3.8) is 0 Å². The molecule has 1 fully saturated rings. The van der Waals surface area contributed by atoms with Gasteiger partial charge >= 0.3 is 0 Å². The van der Waals surface area contributed by atoms with Gasteiger partial charge in [-0.2, -0.15) is 0 Å². The van der Waals surface area contributed by atoms with Gasteiger partial charge in [-0.3, -0.25) is 0 Å². The molecule has 2 atom stereocenters. The molecular weight excluding hydrogens is 268 g/mol. The summed E-state index contributed by atoms with van der Waals surface area (Å²) in [5, 5.41) is 7.32. The van der Waals surface area contributed by atoms with Gasteiger partial charge in [0.1, 0.15) is 0 Å². The van der Waals surface area contributed by atoms with Crippen LogP contribution in [0.2, 0.25) is 0 Å². The molecule has 2 rings (SSSR count). The largest absolute Gasteiger partial charge is 0.376 e. The molecule has 0 amide bonds. The second kappa shape index (κ2) is 8.22. The van der Waals surface area contributed by atoms with Crippen LogP contribution in [0.25, 0.3) is 0 Å². The summed E-state index contributed by atoms with van der Waals surface area (Å²) in [5.41, 5.74) is 1.37. The van der Waals surface area contributed by atoms with E-state index in [1.54, 1.807) is 0 Å². The summed E-state index contributed by atoms with van der Waals surface area (Å²) in [6, 6.07) is 10.9. The summed E-state index contributed by atoms with van der Waals surface area (Å²) in [6.07, 6.45) is 4.78. The van der Waals surface area contributed by atoms with Gasteiger partial charge < -0.3 is 15.4 Å². The second-order valence-corrected chi connectivity index (χ2v) is 5.82. The van der Waals surface area contributed by atoms with Gasteiger partial charge in [-0.15, -0.1) is 0 Å². The van der Waals surface area contributed by atoms with Gasteiger partial charge in [0, 0.05) is 19.2 Å². The fourth-order valence-corrected chi connectivity index (χ4v) is 2.67. The van der Waals surface area contributed by atoms with E-state index in [4.69, 9.17) is 17.0 Å². The van der Waals surface area contributed by atoms with E-state index in [1.165, 1.54) is 12.0 Å². The van der Waals surface area contributed by atoms with Crippen molar-refractivity contribution in [1.29, 1.82) is 0 Å². The summed E-state index contributed by atoms with van der Waals surface area (Å²) in [4.78, 5) is 0. The molecule has 1 aliphatic heterocycles. The number of benzene rings is 1. The van der Waals surface area contributed by atoms with Gasteiger partial charge in [-0.1, -0.05) is 30.3 Å². The minimum Gasteiger partial charge on any atom is -0.376 e. The van der Waals surface area contributed by atoms with Crippen molar-refractivity contribution < 1.29 is 4.74 Å². The van der Waals surface area contributed by atoms with Crippen LogP contribution >= 0.6 is 12.2 Å². The van der Waals surface area contributed by atoms with E-state index in [1.807, 2.05) is 0 Å². The molecule has 3 nitrogen and oxygen atoms in total. The number of thiocarbonyl (C=S) groups is 1. The van der Waals surface area contributed by atoms with Gasteiger partial charge in [-0.05, 0) is 50.4 Å². The molecule has 0 aromatic heterocycles. The van der Waals surface area contributed by atoms with E-state index >= 15 is 0 Å². The molecule has 1 saturated heterocycles. The van der Waals surface area contributed by atoms with E-state index in [-0.39, 0.29) is 0 Å². The lowest BCUT2D eigenvalue weighted by molar-refractivity contribution is 0.114. The maximum atomic E-state index is 5.56. The molecule has 1 heterocycles. The molecule has 0 saturated carbocycles. The third-order valence-electron chi connectivity index (χ3n) is 3.60. The Morgan fingerprint density at radius 1 is 1.40 bits per heavy atom. The first-order valence-electron chi connectivity index (χ1n) is 7.44. The molecule has 0 radical (unpaired) electrons. The number of rotatable bonds is 6. The summed E-state index contributed by atoms with van der Waals surface area (Å²) >= 11 is 5.32. The maximum Gasteiger partial charge on any atom is 0.166 e. The highest BCUT2D eigenvalue weighted by atomic mass is 32.1. The van der Waals surface area contributed by atoms with E-state index in [0.29, 0.717) is 12.1 Å². The predicted octanol–water partition coefficient (Wildman–Crippen LogP) is 2.65. The van der Waals surface area contributed by atoms with Gasteiger partial charge in [0.25, 0.3) is 0 Å². The molecule has 1 aromatic rings. The average molecular weight is 292 g/mol. The van der Waals surface area contributed by atoms with Gasteiger partial charge in [0.2, 0.25) is 0 Å². The van der Waals surface area contributed by atoms with Crippen molar-refractivity contribution in [2.45, 2.75) is 44.8 Å². The number of aryl methyl sites for hydroxylation is 1. The standard InChI is InChI=1S/C16H24N2OS/c1-13(9-10-14-6-3-2-4-7-14)18-16(20)17-12-15-8-5-11-19-15/h2-4,6-7,13,15H,5,8-12H2,1H3,(H2,17,18,20)/t13-,15+/m1/s1. The van der Waals surface area contributed by atoms with Crippen LogP contribution in [-0.4, -0.2) is 30.4 Å². The van der Waals surface area contributed by atoms with Crippen molar-refractivity contribution in [2.75, 3.05) is 13.2 Å². The van der Waals surface area contributed by atoms with Crippen LogP contribution in [0.3, 0.4) is 0 Å². The summed E-state index contributed by atoms with van der Waals surface area (Å²) in [6.45, 7) is 3.88. The van der Waals surface area contributed by atoms with Crippen LogP contribution in [0.5, 0.6) is 0 Å². The van der Waals surface area contributed by atoms with Crippen LogP contribution < -0.4 is 10.6 Å². The zero-order valence-electron chi connectivity index (χ0n) is 12.1. The average Bonchev–Trinajstić information content (AvgIpc) is 2.97. The van der Waals surface area contributed by atoms with Crippen molar-refractivity contribution in [2.24, 2.45) is 0 Å². The van der Waals surface area contributed by atoms with Crippen molar-refractivity contribution >= 4 is 17.3 Å². The van der Waals surface area contributed by atoms with Crippen LogP contribution in [0, 0.1) is 0 Å². The highest BCUT2D eigenvalue weighted by molar-refractivity contribution is 7.80. The Labute approximate surface area is 127 Å². The predicted molar refractivity (Wildman–Crippen MR) is 86.9 cm³/mol. The number of nitrogens with one attached hydrogen (secondary N) is 2. The third kappa shape index (κ3) is 5.47. The molecule has 110 valence electrons. The van der Waals surface area contributed by atoms with Crippen LogP contribution in [0.1, 0.15) is 31.7 Å². The minimum atomic E-state index is 0.328. The first kappa shape index (κ1) is 15.3. The Kier molecular flexibility index (Phi) is 6.27. The minimum absolute atomic E-state index is 0.328. The van der Waals surface area contributed by atoms with E-state index in [2.05, 4.69) is 47.9 Å². The van der Waals surface area contributed by atoms with Crippen molar-refractivity contribution in [3.05, 3.63) is 35.9 Å². The smallest absolute Gasteiger partial charge is 0.166 e. The van der Waals surface area contributed by atoms with E-state index < -0.39 is 0 Å².